The number of anilines is 1. The zero-order valence-electron chi connectivity index (χ0n) is 12.8. The van der Waals surface area contributed by atoms with Crippen LogP contribution in [0.2, 0.25) is 0 Å². The molecule has 0 aliphatic carbocycles. The van der Waals surface area contributed by atoms with Gasteiger partial charge in [-0.3, -0.25) is 0 Å². The van der Waals surface area contributed by atoms with E-state index in [9.17, 15) is 10.1 Å². The minimum atomic E-state index is -0.939. The molecule has 1 atom stereocenters. The van der Waals surface area contributed by atoms with Crippen LogP contribution in [0.4, 0.5) is 5.13 Å². The van der Waals surface area contributed by atoms with Crippen molar-refractivity contribution in [1.82, 2.24) is 15.5 Å². The molecular weight excluding hydrogens is 347 g/mol. The summed E-state index contributed by atoms with van der Waals surface area (Å²) >= 11 is 2.97. The third-order valence-corrected chi connectivity index (χ3v) is 6.27. The van der Waals surface area contributed by atoms with E-state index in [1.807, 2.05) is 12.1 Å². The number of hydrogen-bond acceptors (Lipinski definition) is 9. The third kappa shape index (κ3) is 3.24. The van der Waals surface area contributed by atoms with Crippen molar-refractivity contribution >= 4 is 35.3 Å². The van der Waals surface area contributed by atoms with Gasteiger partial charge in [-0.15, -0.1) is 10.2 Å². The van der Waals surface area contributed by atoms with E-state index in [0.29, 0.717) is 23.8 Å². The van der Waals surface area contributed by atoms with Crippen LogP contribution in [-0.4, -0.2) is 51.7 Å². The first-order chi connectivity index (χ1) is 11.7. The number of aliphatic hydroxyl groups excluding tert-OH is 1. The number of nitrogens with zero attached hydrogens (tertiary/aromatic N) is 2. The number of fused-ring (bicyclic) bond motifs is 1. The van der Waals surface area contributed by atoms with Crippen LogP contribution in [-0.2, 0) is 13.0 Å². The minimum Gasteiger partial charge on any atom is -0.535 e. The Kier molecular flexibility index (Phi) is 4.64. The van der Waals surface area contributed by atoms with E-state index < -0.39 is 7.12 Å². The van der Waals surface area contributed by atoms with Gasteiger partial charge in [0.15, 0.2) is 4.34 Å². The molecule has 1 fully saturated rings. The summed E-state index contributed by atoms with van der Waals surface area (Å²) < 4.78 is 6.45. The smallest absolute Gasteiger partial charge is 0.535 e. The van der Waals surface area contributed by atoms with Crippen molar-refractivity contribution in [2.24, 2.45) is 0 Å². The summed E-state index contributed by atoms with van der Waals surface area (Å²) in [5, 5.41) is 35.2. The van der Waals surface area contributed by atoms with Gasteiger partial charge in [-0.25, -0.2) is 0 Å². The topological polar surface area (TPSA) is 99.5 Å². The Morgan fingerprint density at radius 3 is 3.04 bits per heavy atom. The molecule has 0 saturated carbocycles. The van der Waals surface area contributed by atoms with E-state index in [-0.39, 0.29) is 11.8 Å². The molecule has 2 aliphatic rings. The molecule has 0 bridgehead atoms. The number of benzene rings is 1. The highest BCUT2D eigenvalue weighted by atomic mass is 32.2. The van der Waals surface area contributed by atoms with Gasteiger partial charge >= 0.3 is 7.12 Å². The lowest BCUT2D eigenvalue weighted by atomic mass is 9.77. The zero-order chi connectivity index (χ0) is 16.5. The summed E-state index contributed by atoms with van der Waals surface area (Å²) in [5.74, 6) is 0.599. The van der Waals surface area contributed by atoms with E-state index in [1.54, 1.807) is 6.07 Å². The van der Waals surface area contributed by atoms with E-state index in [4.69, 9.17) is 4.65 Å². The van der Waals surface area contributed by atoms with Gasteiger partial charge in [-0.1, -0.05) is 41.3 Å². The molecule has 1 aromatic carbocycles. The normalized spacial score (nSPS) is 20.2. The van der Waals surface area contributed by atoms with Gasteiger partial charge < -0.3 is 25.4 Å². The van der Waals surface area contributed by atoms with Crippen LogP contribution in [0.15, 0.2) is 22.5 Å². The highest BCUT2D eigenvalue weighted by molar-refractivity contribution is 8.02. The minimum absolute atomic E-state index is 0.102. The first kappa shape index (κ1) is 16.2. The summed E-state index contributed by atoms with van der Waals surface area (Å²) in [6, 6.07) is 6.08. The Balaban J connectivity index is 1.44. The number of aliphatic hydroxyl groups is 1. The molecule has 4 rings (SSSR count). The number of para-hydroxylation sites is 1. The monoisotopic (exact) mass is 364 g/mol. The van der Waals surface area contributed by atoms with Gasteiger partial charge in [0.25, 0.3) is 0 Å². The fraction of sp³-hybridized carbons (Fsp3) is 0.429. The second-order valence-corrected chi connectivity index (χ2v) is 8.27. The van der Waals surface area contributed by atoms with Crippen molar-refractivity contribution in [2.75, 3.05) is 18.4 Å². The Morgan fingerprint density at radius 1 is 1.42 bits per heavy atom. The average Bonchev–Trinajstić information content (AvgIpc) is 2.98. The van der Waals surface area contributed by atoms with Gasteiger partial charge in [0, 0.05) is 18.7 Å². The molecule has 1 aromatic heterocycles. The molecule has 24 heavy (non-hydrogen) atoms. The molecular formula is C14H17BN4O3S2. The Labute approximate surface area is 148 Å². The summed E-state index contributed by atoms with van der Waals surface area (Å²) in [4.78, 5) is 0. The van der Waals surface area contributed by atoms with E-state index >= 15 is 0 Å². The lowest BCUT2D eigenvalue weighted by Crippen LogP contribution is -2.51. The van der Waals surface area contributed by atoms with Crippen LogP contribution in [0.1, 0.15) is 11.1 Å². The standard InChI is InChI=1S/C14H17BN4O3S2/c20-7-9-3-1-2-8-4-11(15(21)22-12(8)9)23-14-19-18-13(24-14)17-10-5-16-6-10/h1-3,10-11,16,20-21H,4-7H2,(H,17,18)/t11-/m0/s1. The maximum absolute atomic E-state index is 10.3. The summed E-state index contributed by atoms with van der Waals surface area (Å²) in [5.41, 5.74) is 1.69. The molecule has 0 amide bonds. The van der Waals surface area contributed by atoms with Gasteiger partial charge in [0.2, 0.25) is 5.13 Å². The molecule has 0 unspecified atom stereocenters. The third-order valence-electron chi connectivity index (χ3n) is 4.09. The molecule has 7 nitrogen and oxygen atoms in total. The fourth-order valence-corrected chi connectivity index (χ4v) is 4.84. The highest BCUT2D eigenvalue weighted by Crippen LogP contribution is 2.38. The van der Waals surface area contributed by atoms with Crippen LogP contribution < -0.4 is 15.3 Å². The molecule has 2 aliphatic heterocycles. The number of rotatable bonds is 5. The first-order valence-electron chi connectivity index (χ1n) is 7.76. The van der Waals surface area contributed by atoms with Crippen molar-refractivity contribution in [3.8, 4) is 5.75 Å². The van der Waals surface area contributed by atoms with Crippen LogP contribution in [0.3, 0.4) is 0 Å². The van der Waals surface area contributed by atoms with Crippen molar-refractivity contribution in [3.63, 3.8) is 0 Å². The highest BCUT2D eigenvalue weighted by Gasteiger charge is 2.37. The summed E-state index contributed by atoms with van der Waals surface area (Å²) in [6.45, 7) is 1.79. The summed E-state index contributed by atoms with van der Waals surface area (Å²) in [7, 11) is -0.939. The molecule has 1 saturated heterocycles. The Hall–Kier alpha value is -1.33. The van der Waals surface area contributed by atoms with Crippen LogP contribution in [0.5, 0.6) is 5.75 Å². The zero-order valence-corrected chi connectivity index (χ0v) is 14.4. The predicted molar refractivity (Wildman–Crippen MR) is 94.5 cm³/mol. The summed E-state index contributed by atoms with van der Waals surface area (Å²) in [6.07, 6.45) is 0.657. The molecule has 126 valence electrons. The average molecular weight is 364 g/mol. The molecule has 0 radical (unpaired) electrons. The molecule has 10 heteroatoms. The SMILES string of the molecule is OCc1cccc2c1OB(O)[C@@H](Sc1nnc(NC3CNC3)s1)C2. The molecule has 0 spiro atoms. The quantitative estimate of drug-likeness (QED) is 0.571. The second kappa shape index (κ2) is 6.89. The van der Waals surface area contributed by atoms with E-state index in [2.05, 4.69) is 20.8 Å². The van der Waals surface area contributed by atoms with Crippen LogP contribution in [0.25, 0.3) is 0 Å². The Bertz CT molecular complexity index is 728. The van der Waals surface area contributed by atoms with E-state index in [1.165, 1.54) is 23.1 Å². The molecule has 3 heterocycles. The van der Waals surface area contributed by atoms with Gasteiger partial charge in [0.1, 0.15) is 5.75 Å². The lowest BCUT2D eigenvalue weighted by Gasteiger charge is -2.28. The number of nitrogens with one attached hydrogen (secondary N) is 2. The van der Waals surface area contributed by atoms with Gasteiger partial charge in [0.05, 0.1) is 17.8 Å². The van der Waals surface area contributed by atoms with Crippen molar-refractivity contribution in [1.29, 1.82) is 0 Å². The Morgan fingerprint density at radius 2 is 2.29 bits per heavy atom. The van der Waals surface area contributed by atoms with Gasteiger partial charge in [-0.2, -0.15) is 0 Å². The van der Waals surface area contributed by atoms with Crippen LogP contribution in [0, 0.1) is 0 Å². The van der Waals surface area contributed by atoms with Crippen LogP contribution >= 0.6 is 23.1 Å². The number of aromatic nitrogens is 2. The first-order valence-corrected chi connectivity index (χ1v) is 9.46. The maximum Gasteiger partial charge on any atom is 0.537 e. The number of hydrogen-bond donors (Lipinski definition) is 4. The van der Waals surface area contributed by atoms with Gasteiger partial charge in [-0.05, 0) is 12.0 Å². The van der Waals surface area contributed by atoms with Crippen molar-refractivity contribution in [2.45, 2.75) is 28.6 Å². The molecule has 4 N–H and O–H groups in total. The van der Waals surface area contributed by atoms with E-state index in [0.717, 1.165) is 28.1 Å². The number of thioether (sulfide) groups is 1. The predicted octanol–water partition coefficient (Wildman–Crippen LogP) is 0.530. The second-order valence-electron chi connectivity index (χ2n) is 5.80. The largest absolute Gasteiger partial charge is 0.537 e. The lowest BCUT2D eigenvalue weighted by molar-refractivity contribution is 0.275. The van der Waals surface area contributed by atoms with Crippen molar-refractivity contribution < 1.29 is 14.8 Å². The fourth-order valence-electron chi connectivity index (χ4n) is 2.70. The molecule has 2 aromatic rings. The maximum atomic E-state index is 10.3. The van der Waals surface area contributed by atoms with Crippen molar-refractivity contribution in [3.05, 3.63) is 29.3 Å².